The topological polar surface area (TPSA) is 89.0 Å². The van der Waals surface area contributed by atoms with Crippen molar-refractivity contribution < 1.29 is 9.53 Å². The van der Waals surface area contributed by atoms with Gasteiger partial charge < -0.3 is 15.4 Å². The Labute approximate surface area is 200 Å². The van der Waals surface area contributed by atoms with E-state index in [2.05, 4.69) is 25.6 Å². The lowest BCUT2D eigenvalue weighted by molar-refractivity contribution is 0.102. The Balaban J connectivity index is 1.61. The van der Waals surface area contributed by atoms with Crippen molar-refractivity contribution in [2.75, 3.05) is 17.7 Å². The summed E-state index contributed by atoms with van der Waals surface area (Å²) in [6.07, 6.45) is 3.30. The van der Waals surface area contributed by atoms with Crippen LogP contribution in [0.4, 0.5) is 11.6 Å². The molecular weight excluding hydrogens is 461 g/mol. The zero-order valence-electron chi connectivity index (χ0n) is 17.8. The first-order valence-electron chi connectivity index (χ1n) is 9.95. The third-order valence-electron chi connectivity index (χ3n) is 4.70. The van der Waals surface area contributed by atoms with Crippen LogP contribution in [-0.4, -0.2) is 27.9 Å². The molecule has 0 atom stereocenters. The van der Waals surface area contributed by atoms with Crippen molar-refractivity contribution in [3.8, 4) is 22.9 Å². The summed E-state index contributed by atoms with van der Waals surface area (Å²) in [7, 11) is 1.75. The molecule has 0 spiro atoms. The predicted molar refractivity (Wildman–Crippen MR) is 130 cm³/mol. The Kier molecular flexibility index (Phi) is 6.72. The molecule has 2 aromatic carbocycles. The molecule has 2 N–H and O–H groups in total. The molecule has 0 radical (unpaired) electrons. The second kappa shape index (κ2) is 9.85. The van der Waals surface area contributed by atoms with Gasteiger partial charge in [-0.1, -0.05) is 29.3 Å². The molecule has 2 heterocycles. The highest BCUT2D eigenvalue weighted by Crippen LogP contribution is 2.33. The molecule has 0 bridgehead atoms. The second-order valence-corrected chi connectivity index (χ2v) is 7.94. The fourth-order valence-electron chi connectivity index (χ4n) is 3.08. The van der Waals surface area contributed by atoms with Gasteiger partial charge in [0.2, 0.25) is 11.8 Å². The van der Waals surface area contributed by atoms with Gasteiger partial charge in [0.1, 0.15) is 5.75 Å². The van der Waals surface area contributed by atoms with E-state index >= 15 is 0 Å². The Hall–Kier alpha value is -3.68. The number of carbonyl (C=O) groups is 1. The van der Waals surface area contributed by atoms with Crippen LogP contribution in [0.3, 0.4) is 0 Å². The molecule has 0 aliphatic heterocycles. The Morgan fingerprint density at radius 2 is 1.76 bits per heavy atom. The molecule has 7 nitrogen and oxygen atoms in total. The number of aryl methyl sites for hydroxylation is 1. The molecule has 4 aromatic rings. The number of nitrogens with one attached hydrogen (secondary N) is 2. The van der Waals surface area contributed by atoms with Gasteiger partial charge in [-0.25, -0.2) is 15.0 Å². The number of hydrogen-bond donors (Lipinski definition) is 2. The highest BCUT2D eigenvalue weighted by atomic mass is 35.5. The number of rotatable bonds is 6. The van der Waals surface area contributed by atoms with Crippen LogP contribution in [0, 0.1) is 6.92 Å². The number of benzene rings is 2. The van der Waals surface area contributed by atoms with Gasteiger partial charge in [-0.2, -0.15) is 0 Å². The van der Waals surface area contributed by atoms with Crippen LogP contribution in [0.5, 0.6) is 11.6 Å². The van der Waals surface area contributed by atoms with E-state index in [0.717, 1.165) is 5.56 Å². The molecule has 0 saturated heterocycles. The van der Waals surface area contributed by atoms with Crippen molar-refractivity contribution in [3.05, 3.63) is 88.2 Å². The Morgan fingerprint density at radius 1 is 0.970 bits per heavy atom. The van der Waals surface area contributed by atoms with E-state index in [-0.39, 0.29) is 5.91 Å². The summed E-state index contributed by atoms with van der Waals surface area (Å²) in [5.74, 6) is 1.07. The van der Waals surface area contributed by atoms with Gasteiger partial charge in [0.05, 0.1) is 11.3 Å². The third kappa shape index (κ3) is 5.39. The van der Waals surface area contributed by atoms with Crippen molar-refractivity contribution in [3.63, 3.8) is 0 Å². The van der Waals surface area contributed by atoms with E-state index in [4.69, 9.17) is 27.9 Å². The first kappa shape index (κ1) is 22.5. The molecular formula is C24H19Cl2N5O2. The van der Waals surface area contributed by atoms with E-state index in [1.807, 2.05) is 25.1 Å². The first-order chi connectivity index (χ1) is 15.9. The highest BCUT2D eigenvalue weighted by Gasteiger charge is 2.14. The monoisotopic (exact) mass is 479 g/mol. The summed E-state index contributed by atoms with van der Waals surface area (Å²) in [5, 5.41) is 6.53. The van der Waals surface area contributed by atoms with E-state index < -0.39 is 0 Å². The van der Waals surface area contributed by atoms with Crippen LogP contribution >= 0.6 is 23.2 Å². The SMILES string of the molecule is CNc1nccc(-c2cccnc2Oc2cc(NC(=O)c3cc(Cl)cc(Cl)c3)ccc2C)n1. The summed E-state index contributed by atoms with van der Waals surface area (Å²) in [4.78, 5) is 25.7. The number of halogens is 2. The maximum Gasteiger partial charge on any atom is 0.255 e. The van der Waals surface area contributed by atoms with Gasteiger partial charge in [0.25, 0.3) is 5.91 Å². The van der Waals surface area contributed by atoms with E-state index in [1.54, 1.807) is 55.8 Å². The molecule has 2 aromatic heterocycles. The average Bonchev–Trinajstić information content (AvgIpc) is 2.81. The van der Waals surface area contributed by atoms with E-state index in [0.29, 0.717) is 50.1 Å². The van der Waals surface area contributed by atoms with Gasteiger partial charge >= 0.3 is 0 Å². The van der Waals surface area contributed by atoms with Crippen molar-refractivity contribution >= 4 is 40.7 Å². The molecule has 0 aliphatic carbocycles. The average molecular weight is 480 g/mol. The van der Waals surface area contributed by atoms with E-state index in [1.165, 1.54) is 0 Å². The quantitative estimate of drug-likeness (QED) is 0.340. The summed E-state index contributed by atoms with van der Waals surface area (Å²) >= 11 is 12.0. The standard InChI is InChI=1S/C24H19Cl2N5O2/c1-14-5-6-18(30-22(32)15-10-16(25)12-17(26)11-15)13-21(14)33-23-19(4-3-8-28-23)20-7-9-29-24(27-2)31-20/h3-13H,1-2H3,(H,30,32)(H,27,29,31). The molecule has 0 fully saturated rings. The summed E-state index contributed by atoms with van der Waals surface area (Å²) < 4.78 is 6.15. The van der Waals surface area contributed by atoms with Crippen molar-refractivity contribution in [1.82, 2.24) is 15.0 Å². The van der Waals surface area contributed by atoms with Crippen LogP contribution < -0.4 is 15.4 Å². The molecule has 166 valence electrons. The molecule has 33 heavy (non-hydrogen) atoms. The lowest BCUT2D eigenvalue weighted by atomic mass is 10.1. The van der Waals surface area contributed by atoms with Gasteiger partial charge in [0, 0.05) is 46.8 Å². The minimum absolute atomic E-state index is 0.340. The highest BCUT2D eigenvalue weighted by molar-refractivity contribution is 6.35. The Bertz CT molecular complexity index is 1310. The number of ether oxygens (including phenoxy) is 1. The molecule has 1 amide bonds. The smallest absolute Gasteiger partial charge is 0.255 e. The zero-order valence-corrected chi connectivity index (χ0v) is 19.3. The summed E-state index contributed by atoms with van der Waals surface area (Å²) in [6, 6.07) is 15.5. The lowest BCUT2D eigenvalue weighted by Gasteiger charge is -2.14. The molecule has 0 aliphatic rings. The summed E-state index contributed by atoms with van der Waals surface area (Å²) in [5.41, 5.74) is 3.14. The van der Waals surface area contributed by atoms with Gasteiger partial charge in [-0.15, -0.1) is 0 Å². The van der Waals surface area contributed by atoms with Crippen LogP contribution in [0.15, 0.2) is 67.0 Å². The maximum atomic E-state index is 12.7. The predicted octanol–water partition coefficient (Wildman–Crippen LogP) is 6.24. The van der Waals surface area contributed by atoms with Gasteiger partial charge in [-0.3, -0.25) is 4.79 Å². The van der Waals surface area contributed by atoms with Gasteiger partial charge in [-0.05, 0) is 55.0 Å². The third-order valence-corrected chi connectivity index (χ3v) is 5.14. The van der Waals surface area contributed by atoms with Crippen LogP contribution in [0.2, 0.25) is 10.0 Å². The minimum atomic E-state index is -0.340. The number of carbonyl (C=O) groups excluding carboxylic acids is 1. The minimum Gasteiger partial charge on any atom is -0.438 e. The first-order valence-corrected chi connectivity index (χ1v) is 10.7. The van der Waals surface area contributed by atoms with Crippen molar-refractivity contribution in [2.45, 2.75) is 6.92 Å². The normalized spacial score (nSPS) is 10.5. The molecule has 9 heteroatoms. The molecule has 0 unspecified atom stereocenters. The Morgan fingerprint density at radius 3 is 2.52 bits per heavy atom. The van der Waals surface area contributed by atoms with E-state index in [9.17, 15) is 4.79 Å². The van der Waals surface area contributed by atoms with Crippen molar-refractivity contribution in [2.24, 2.45) is 0 Å². The van der Waals surface area contributed by atoms with Crippen LogP contribution in [0.25, 0.3) is 11.3 Å². The fraction of sp³-hybridized carbons (Fsp3) is 0.0833. The van der Waals surface area contributed by atoms with Gasteiger partial charge in [0.15, 0.2) is 0 Å². The largest absolute Gasteiger partial charge is 0.438 e. The van der Waals surface area contributed by atoms with Crippen LogP contribution in [-0.2, 0) is 0 Å². The fourth-order valence-corrected chi connectivity index (χ4v) is 3.60. The van der Waals surface area contributed by atoms with Crippen LogP contribution in [0.1, 0.15) is 15.9 Å². The maximum absolute atomic E-state index is 12.7. The lowest BCUT2D eigenvalue weighted by Crippen LogP contribution is -2.12. The number of aromatic nitrogens is 3. The van der Waals surface area contributed by atoms with Crippen molar-refractivity contribution in [1.29, 1.82) is 0 Å². The number of pyridine rings is 1. The number of anilines is 2. The zero-order chi connectivity index (χ0) is 23.4. The molecule has 4 rings (SSSR count). The summed E-state index contributed by atoms with van der Waals surface area (Å²) in [6.45, 7) is 1.91. The second-order valence-electron chi connectivity index (χ2n) is 7.07. The number of nitrogens with zero attached hydrogens (tertiary/aromatic N) is 3. The number of hydrogen-bond acceptors (Lipinski definition) is 6. The molecule has 0 saturated carbocycles. The number of amides is 1.